The highest BCUT2D eigenvalue weighted by Crippen LogP contribution is 2.43. The van der Waals surface area contributed by atoms with Crippen LogP contribution >= 0.6 is 0 Å². The molecule has 0 atom stereocenters. The van der Waals surface area contributed by atoms with Crippen molar-refractivity contribution in [1.29, 1.82) is 0 Å². The standard InChI is InChI=1S/C12H22N2O/c1-3-14(10-4-5-10)11(15)8-13-9-12(2)6-7-12/h10,13H,3-9H2,1-2H3. The minimum Gasteiger partial charge on any atom is -0.339 e. The average molecular weight is 210 g/mol. The van der Waals surface area contributed by atoms with Crippen molar-refractivity contribution >= 4 is 5.91 Å². The smallest absolute Gasteiger partial charge is 0.236 e. The number of likely N-dealkylation sites (N-methyl/N-ethyl adjacent to an activating group) is 1. The van der Waals surface area contributed by atoms with Gasteiger partial charge in [0.25, 0.3) is 0 Å². The minimum atomic E-state index is 0.282. The molecule has 2 saturated carbocycles. The van der Waals surface area contributed by atoms with Gasteiger partial charge in [-0.05, 0) is 38.0 Å². The molecule has 2 aliphatic carbocycles. The number of amides is 1. The van der Waals surface area contributed by atoms with Gasteiger partial charge in [0.05, 0.1) is 6.54 Å². The molecule has 0 spiro atoms. The normalized spacial score (nSPS) is 22.5. The Labute approximate surface area is 92.2 Å². The lowest BCUT2D eigenvalue weighted by Crippen LogP contribution is -2.40. The highest BCUT2D eigenvalue weighted by atomic mass is 16.2. The molecular weight excluding hydrogens is 188 g/mol. The van der Waals surface area contributed by atoms with Crippen molar-refractivity contribution in [2.75, 3.05) is 19.6 Å². The Morgan fingerprint density at radius 3 is 2.60 bits per heavy atom. The molecule has 86 valence electrons. The second-order valence-corrected chi connectivity index (χ2v) is 5.33. The summed E-state index contributed by atoms with van der Waals surface area (Å²) in [4.78, 5) is 13.8. The lowest BCUT2D eigenvalue weighted by atomic mass is 10.1. The van der Waals surface area contributed by atoms with Gasteiger partial charge in [-0.25, -0.2) is 0 Å². The van der Waals surface area contributed by atoms with Gasteiger partial charge in [0.15, 0.2) is 0 Å². The zero-order valence-electron chi connectivity index (χ0n) is 9.88. The molecule has 0 aliphatic heterocycles. The van der Waals surface area contributed by atoms with Crippen LogP contribution in [0, 0.1) is 5.41 Å². The third-order valence-electron chi connectivity index (χ3n) is 3.58. The highest BCUT2D eigenvalue weighted by Gasteiger charge is 2.37. The highest BCUT2D eigenvalue weighted by molar-refractivity contribution is 5.78. The summed E-state index contributed by atoms with van der Waals surface area (Å²) in [7, 11) is 0. The molecule has 0 heterocycles. The van der Waals surface area contributed by atoms with Crippen LogP contribution in [0.25, 0.3) is 0 Å². The molecule has 2 aliphatic rings. The van der Waals surface area contributed by atoms with E-state index in [1.54, 1.807) is 0 Å². The van der Waals surface area contributed by atoms with Crippen molar-refractivity contribution in [2.24, 2.45) is 5.41 Å². The summed E-state index contributed by atoms with van der Waals surface area (Å²) in [6.07, 6.45) is 5.04. The van der Waals surface area contributed by atoms with Crippen LogP contribution in [-0.4, -0.2) is 36.5 Å². The van der Waals surface area contributed by atoms with Crippen LogP contribution in [0.2, 0.25) is 0 Å². The van der Waals surface area contributed by atoms with E-state index < -0.39 is 0 Å². The molecule has 0 aromatic carbocycles. The van der Waals surface area contributed by atoms with Crippen molar-refractivity contribution in [1.82, 2.24) is 10.2 Å². The maximum atomic E-state index is 11.8. The lowest BCUT2D eigenvalue weighted by molar-refractivity contribution is -0.130. The van der Waals surface area contributed by atoms with Gasteiger partial charge in [-0.1, -0.05) is 6.92 Å². The van der Waals surface area contributed by atoms with E-state index in [9.17, 15) is 4.79 Å². The van der Waals surface area contributed by atoms with E-state index >= 15 is 0 Å². The third-order valence-corrected chi connectivity index (χ3v) is 3.58. The maximum absolute atomic E-state index is 11.8. The Morgan fingerprint density at radius 2 is 2.13 bits per heavy atom. The Bertz CT molecular complexity index is 244. The molecular formula is C12H22N2O. The predicted molar refractivity (Wildman–Crippen MR) is 60.6 cm³/mol. The van der Waals surface area contributed by atoms with Crippen molar-refractivity contribution in [3.63, 3.8) is 0 Å². The van der Waals surface area contributed by atoms with Gasteiger partial charge in [-0.15, -0.1) is 0 Å². The second-order valence-electron chi connectivity index (χ2n) is 5.33. The number of nitrogens with one attached hydrogen (secondary N) is 1. The molecule has 1 amide bonds. The quantitative estimate of drug-likeness (QED) is 0.718. The predicted octanol–water partition coefficient (Wildman–Crippen LogP) is 1.39. The first-order chi connectivity index (χ1) is 7.14. The van der Waals surface area contributed by atoms with Gasteiger partial charge in [0, 0.05) is 19.1 Å². The Hall–Kier alpha value is -0.570. The van der Waals surface area contributed by atoms with Crippen LogP contribution in [0.15, 0.2) is 0 Å². The van der Waals surface area contributed by atoms with Gasteiger partial charge in [-0.2, -0.15) is 0 Å². The molecule has 15 heavy (non-hydrogen) atoms. The topological polar surface area (TPSA) is 32.3 Å². The summed E-state index contributed by atoms with van der Waals surface area (Å²) < 4.78 is 0. The monoisotopic (exact) mass is 210 g/mol. The molecule has 1 N–H and O–H groups in total. The van der Waals surface area contributed by atoms with E-state index in [1.165, 1.54) is 25.7 Å². The summed E-state index contributed by atoms with van der Waals surface area (Å²) in [5.41, 5.74) is 0.497. The molecule has 0 saturated heterocycles. The molecule has 0 bridgehead atoms. The minimum absolute atomic E-state index is 0.282. The molecule has 0 aromatic heterocycles. The van der Waals surface area contributed by atoms with Crippen LogP contribution in [-0.2, 0) is 4.79 Å². The molecule has 0 unspecified atom stereocenters. The number of rotatable bonds is 6. The van der Waals surface area contributed by atoms with Gasteiger partial charge in [0.2, 0.25) is 5.91 Å². The Morgan fingerprint density at radius 1 is 1.47 bits per heavy atom. The molecule has 3 nitrogen and oxygen atoms in total. The molecule has 2 fully saturated rings. The Balaban J connectivity index is 1.66. The average Bonchev–Trinajstić information content (AvgIpc) is 3.06. The van der Waals surface area contributed by atoms with Crippen molar-refractivity contribution in [2.45, 2.75) is 45.6 Å². The molecule has 2 rings (SSSR count). The fourth-order valence-electron chi connectivity index (χ4n) is 1.99. The summed E-state index contributed by atoms with van der Waals surface area (Å²) >= 11 is 0. The summed E-state index contributed by atoms with van der Waals surface area (Å²) in [6, 6.07) is 0.556. The second kappa shape index (κ2) is 4.12. The maximum Gasteiger partial charge on any atom is 0.236 e. The Kier molecular flexibility index (Phi) is 3.01. The number of nitrogens with zero attached hydrogens (tertiary/aromatic N) is 1. The zero-order chi connectivity index (χ0) is 10.9. The van der Waals surface area contributed by atoms with Gasteiger partial charge in [-0.3, -0.25) is 4.79 Å². The van der Waals surface area contributed by atoms with Crippen molar-refractivity contribution < 1.29 is 4.79 Å². The first-order valence-corrected chi connectivity index (χ1v) is 6.15. The first-order valence-electron chi connectivity index (χ1n) is 6.15. The lowest BCUT2D eigenvalue weighted by Gasteiger charge is -2.21. The molecule has 0 aromatic rings. The van der Waals surface area contributed by atoms with Gasteiger partial charge < -0.3 is 10.2 Å². The largest absolute Gasteiger partial charge is 0.339 e. The van der Waals surface area contributed by atoms with E-state index in [-0.39, 0.29) is 5.91 Å². The van der Waals surface area contributed by atoms with Crippen LogP contribution in [0.4, 0.5) is 0 Å². The van der Waals surface area contributed by atoms with E-state index in [0.29, 0.717) is 18.0 Å². The fraction of sp³-hybridized carbons (Fsp3) is 0.917. The van der Waals surface area contributed by atoms with E-state index in [2.05, 4.69) is 19.2 Å². The molecule has 3 heteroatoms. The summed E-state index contributed by atoms with van der Waals surface area (Å²) in [6.45, 7) is 6.74. The van der Waals surface area contributed by atoms with Crippen LogP contribution < -0.4 is 5.32 Å². The number of carbonyl (C=O) groups excluding carboxylic acids is 1. The number of hydrogen-bond acceptors (Lipinski definition) is 2. The van der Waals surface area contributed by atoms with Gasteiger partial charge >= 0.3 is 0 Å². The van der Waals surface area contributed by atoms with E-state index in [1.807, 2.05) is 4.90 Å². The van der Waals surface area contributed by atoms with Crippen LogP contribution in [0.5, 0.6) is 0 Å². The first kappa shape index (κ1) is 10.9. The van der Waals surface area contributed by atoms with Crippen LogP contribution in [0.1, 0.15) is 39.5 Å². The molecule has 0 radical (unpaired) electrons. The third kappa shape index (κ3) is 2.94. The van der Waals surface area contributed by atoms with Crippen molar-refractivity contribution in [3.8, 4) is 0 Å². The number of hydrogen-bond donors (Lipinski definition) is 1. The summed E-state index contributed by atoms with van der Waals surface area (Å²) in [5.74, 6) is 0.282. The summed E-state index contributed by atoms with van der Waals surface area (Å²) in [5, 5.41) is 3.29. The van der Waals surface area contributed by atoms with Crippen molar-refractivity contribution in [3.05, 3.63) is 0 Å². The number of carbonyl (C=O) groups is 1. The SMILES string of the molecule is CCN(C(=O)CNCC1(C)CC1)C1CC1. The van der Waals surface area contributed by atoms with Crippen LogP contribution in [0.3, 0.4) is 0 Å². The zero-order valence-corrected chi connectivity index (χ0v) is 9.88. The van der Waals surface area contributed by atoms with Gasteiger partial charge in [0.1, 0.15) is 0 Å². The fourth-order valence-corrected chi connectivity index (χ4v) is 1.99. The van der Waals surface area contributed by atoms with E-state index in [0.717, 1.165) is 13.1 Å². The van der Waals surface area contributed by atoms with E-state index in [4.69, 9.17) is 0 Å².